The molecular formula is C12H21NO. The number of hydrogen-bond donors (Lipinski definition) is 1. The molecule has 1 saturated carbocycles. The van der Waals surface area contributed by atoms with Crippen molar-refractivity contribution in [1.82, 2.24) is 5.32 Å². The maximum Gasteiger partial charge on any atom is 0.243 e. The van der Waals surface area contributed by atoms with E-state index in [1.807, 2.05) is 0 Å². The van der Waals surface area contributed by atoms with Gasteiger partial charge in [0.05, 0.1) is 0 Å². The van der Waals surface area contributed by atoms with Gasteiger partial charge >= 0.3 is 0 Å². The molecule has 0 bridgehead atoms. The fourth-order valence-corrected chi connectivity index (χ4v) is 2.29. The zero-order valence-corrected chi connectivity index (χ0v) is 9.31. The summed E-state index contributed by atoms with van der Waals surface area (Å²) in [6.45, 7) is 7.71. The summed E-state index contributed by atoms with van der Waals surface area (Å²) in [7, 11) is 0. The second-order valence-electron chi connectivity index (χ2n) is 4.75. The van der Waals surface area contributed by atoms with Crippen molar-refractivity contribution < 1.29 is 4.79 Å². The van der Waals surface area contributed by atoms with Crippen LogP contribution in [0.2, 0.25) is 0 Å². The first-order chi connectivity index (χ1) is 6.56. The van der Waals surface area contributed by atoms with Gasteiger partial charge in [-0.2, -0.15) is 0 Å². The van der Waals surface area contributed by atoms with E-state index < -0.39 is 0 Å². The molecular weight excluding hydrogens is 174 g/mol. The Bertz CT molecular complexity index is 214. The van der Waals surface area contributed by atoms with Gasteiger partial charge in [0.25, 0.3) is 0 Å². The van der Waals surface area contributed by atoms with Crippen molar-refractivity contribution in [3.05, 3.63) is 12.7 Å². The van der Waals surface area contributed by atoms with E-state index in [1.54, 1.807) is 0 Å². The number of carbonyl (C=O) groups excluding carboxylic acids is 1. The van der Waals surface area contributed by atoms with Gasteiger partial charge in [0.15, 0.2) is 0 Å². The molecule has 1 N–H and O–H groups in total. The van der Waals surface area contributed by atoms with Crippen LogP contribution in [0.3, 0.4) is 0 Å². The van der Waals surface area contributed by atoms with E-state index >= 15 is 0 Å². The summed E-state index contributed by atoms with van der Waals surface area (Å²) >= 11 is 0. The molecule has 0 aromatic rings. The maximum atomic E-state index is 11.2. The fourth-order valence-electron chi connectivity index (χ4n) is 2.29. The molecule has 1 amide bonds. The zero-order chi connectivity index (χ0) is 10.6. The normalized spacial score (nSPS) is 19.0. The van der Waals surface area contributed by atoms with Gasteiger partial charge in [-0.1, -0.05) is 25.8 Å². The first-order valence-electron chi connectivity index (χ1n) is 5.51. The standard InChI is InChI=1S/C12H21NO/c1-4-11(14)13-12(2,3)10-8-6-5-7-9-10/h4,10H,1,5-9H2,2-3H3,(H,13,14). The smallest absolute Gasteiger partial charge is 0.243 e. The molecule has 1 aliphatic rings. The fraction of sp³-hybridized carbons (Fsp3) is 0.750. The van der Waals surface area contributed by atoms with Crippen molar-refractivity contribution in [2.45, 2.75) is 51.5 Å². The van der Waals surface area contributed by atoms with E-state index in [0.717, 1.165) is 0 Å². The lowest BCUT2D eigenvalue weighted by atomic mass is 9.76. The third-order valence-corrected chi connectivity index (χ3v) is 3.26. The van der Waals surface area contributed by atoms with Gasteiger partial charge in [-0.15, -0.1) is 0 Å². The Morgan fingerprint density at radius 1 is 1.36 bits per heavy atom. The first-order valence-corrected chi connectivity index (χ1v) is 5.51. The van der Waals surface area contributed by atoms with Crippen LogP contribution in [0.4, 0.5) is 0 Å². The van der Waals surface area contributed by atoms with Gasteiger partial charge in [-0.05, 0) is 38.7 Å². The molecule has 14 heavy (non-hydrogen) atoms. The van der Waals surface area contributed by atoms with Gasteiger partial charge < -0.3 is 5.32 Å². The molecule has 2 heteroatoms. The average Bonchev–Trinajstić information content (AvgIpc) is 2.18. The topological polar surface area (TPSA) is 29.1 Å². The molecule has 0 aromatic carbocycles. The van der Waals surface area contributed by atoms with Crippen LogP contribution in [0.5, 0.6) is 0 Å². The van der Waals surface area contributed by atoms with Gasteiger partial charge in [0.1, 0.15) is 0 Å². The van der Waals surface area contributed by atoms with Crippen molar-refractivity contribution in [2.24, 2.45) is 5.92 Å². The predicted molar refractivity (Wildman–Crippen MR) is 59.0 cm³/mol. The number of rotatable bonds is 3. The number of nitrogens with one attached hydrogen (secondary N) is 1. The van der Waals surface area contributed by atoms with E-state index in [9.17, 15) is 4.79 Å². The molecule has 0 radical (unpaired) electrons. The van der Waals surface area contributed by atoms with Gasteiger partial charge in [-0.3, -0.25) is 4.79 Å². The highest BCUT2D eigenvalue weighted by Crippen LogP contribution is 2.32. The molecule has 0 unspecified atom stereocenters. The summed E-state index contributed by atoms with van der Waals surface area (Å²) in [4.78, 5) is 11.2. The minimum absolute atomic E-state index is 0.0550. The minimum Gasteiger partial charge on any atom is -0.347 e. The Kier molecular flexibility index (Phi) is 3.73. The van der Waals surface area contributed by atoms with Crippen LogP contribution in [0.15, 0.2) is 12.7 Å². The molecule has 1 aliphatic carbocycles. The van der Waals surface area contributed by atoms with E-state index in [4.69, 9.17) is 0 Å². The van der Waals surface area contributed by atoms with E-state index in [0.29, 0.717) is 5.92 Å². The highest BCUT2D eigenvalue weighted by Gasteiger charge is 2.31. The van der Waals surface area contributed by atoms with Crippen LogP contribution in [0.1, 0.15) is 46.0 Å². The highest BCUT2D eigenvalue weighted by molar-refractivity contribution is 5.87. The minimum atomic E-state index is -0.0777. The van der Waals surface area contributed by atoms with E-state index in [-0.39, 0.29) is 11.4 Å². The summed E-state index contributed by atoms with van der Waals surface area (Å²) in [6, 6.07) is 0. The zero-order valence-electron chi connectivity index (χ0n) is 9.31. The Hall–Kier alpha value is -0.790. The third-order valence-electron chi connectivity index (χ3n) is 3.26. The quantitative estimate of drug-likeness (QED) is 0.689. The maximum absolute atomic E-state index is 11.2. The molecule has 0 atom stereocenters. The SMILES string of the molecule is C=CC(=O)NC(C)(C)C1CCCCC1. The summed E-state index contributed by atoms with van der Waals surface area (Å²) < 4.78 is 0. The van der Waals surface area contributed by atoms with Crippen LogP contribution < -0.4 is 5.32 Å². The van der Waals surface area contributed by atoms with Crippen molar-refractivity contribution in [1.29, 1.82) is 0 Å². The van der Waals surface area contributed by atoms with Crippen LogP contribution in [-0.4, -0.2) is 11.4 Å². The van der Waals surface area contributed by atoms with Crippen LogP contribution in [0, 0.1) is 5.92 Å². The van der Waals surface area contributed by atoms with Crippen molar-refractivity contribution >= 4 is 5.91 Å². The average molecular weight is 195 g/mol. The van der Waals surface area contributed by atoms with E-state index in [1.165, 1.54) is 38.2 Å². The van der Waals surface area contributed by atoms with Gasteiger partial charge in [0.2, 0.25) is 5.91 Å². The second kappa shape index (κ2) is 4.63. The van der Waals surface area contributed by atoms with Crippen molar-refractivity contribution in [3.8, 4) is 0 Å². The Balaban J connectivity index is 2.53. The molecule has 0 heterocycles. The molecule has 80 valence electrons. The van der Waals surface area contributed by atoms with Crippen LogP contribution in [-0.2, 0) is 4.79 Å². The van der Waals surface area contributed by atoms with Gasteiger partial charge in [-0.25, -0.2) is 0 Å². The summed E-state index contributed by atoms with van der Waals surface area (Å²) in [6.07, 6.45) is 7.79. The van der Waals surface area contributed by atoms with E-state index in [2.05, 4.69) is 25.7 Å². The first kappa shape index (κ1) is 11.3. The summed E-state index contributed by atoms with van der Waals surface area (Å²) in [5.74, 6) is 0.570. The monoisotopic (exact) mass is 195 g/mol. The Morgan fingerprint density at radius 3 is 2.43 bits per heavy atom. The van der Waals surface area contributed by atoms with Crippen molar-refractivity contribution in [3.63, 3.8) is 0 Å². The summed E-state index contributed by atoms with van der Waals surface area (Å²) in [5, 5.41) is 3.02. The van der Waals surface area contributed by atoms with Crippen LogP contribution in [0.25, 0.3) is 0 Å². The van der Waals surface area contributed by atoms with Crippen molar-refractivity contribution in [2.75, 3.05) is 0 Å². The third kappa shape index (κ3) is 2.86. The molecule has 0 aromatic heterocycles. The van der Waals surface area contributed by atoms with Crippen LogP contribution >= 0.6 is 0 Å². The molecule has 0 saturated heterocycles. The molecule has 1 fully saturated rings. The lowest BCUT2D eigenvalue weighted by Crippen LogP contribution is -2.49. The molecule has 0 aliphatic heterocycles. The second-order valence-corrected chi connectivity index (χ2v) is 4.75. The van der Waals surface area contributed by atoms with Gasteiger partial charge in [0, 0.05) is 5.54 Å². The largest absolute Gasteiger partial charge is 0.347 e. The molecule has 1 rings (SSSR count). The highest BCUT2D eigenvalue weighted by atomic mass is 16.1. The molecule has 0 spiro atoms. The molecule has 2 nitrogen and oxygen atoms in total. The summed E-state index contributed by atoms with van der Waals surface area (Å²) in [5.41, 5.74) is -0.0777. The number of hydrogen-bond acceptors (Lipinski definition) is 1. The Morgan fingerprint density at radius 2 is 1.93 bits per heavy atom. The number of amides is 1. The predicted octanol–water partition coefficient (Wildman–Crippen LogP) is 2.65. The lowest BCUT2D eigenvalue weighted by Gasteiger charge is -2.37. The number of carbonyl (C=O) groups is 1. The lowest BCUT2D eigenvalue weighted by molar-refractivity contribution is -0.118. The Labute approximate surface area is 86.8 Å².